The van der Waals surface area contributed by atoms with Crippen LogP contribution in [0.1, 0.15) is 0 Å². The molecule has 0 aliphatic carbocycles. The van der Waals surface area contributed by atoms with Gasteiger partial charge in [-0.25, -0.2) is 15.0 Å². The zero-order valence-corrected chi connectivity index (χ0v) is 38.2. The summed E-state index contributed by atoms with van der Waals surface area (Å²) >= 11 is 0. The van der Waals surface area contributed by atoms with E-state index < -0.39 is 0 Å². The molecule has 11 aromatic carbocycles. The minimum Gasteiger partial charge on any atom is -0.456 e. The van der Waals surface area contributed by atoms with Gasteiger partial charge in [-0.2, -0.15) is 0 Å². The number of furan rings is 1. The highest BCUT2D eigenvalue weighted by atomic mass is 16.3. The Hall–Kier alpha value is -9.65. The maximum Gasteiger partial charge on any atom is 0.166 e. The molecule has 71 heavy (non-hydrogen) atoms. The first-order chi connectivity index (χ1) is 35.2. The van der Waals surface area contributed by atoms with Crippen LogP contribution in [0.15, 0.2) is 241 Å². The topological polar surface area (TPSA) is 61.7 Å². The van der Waals surface area contributed by atoms with E-state index in [4.69, 9.17) is 19.4 Å². The summed E-state index contributed by atoms with van der Waals surface area (Å²) in [5.41, 5.74) is 12.8. The lowest BCUT2D eigenvalue weighted by molar-refractivity contribution is 0.668. The number of hydrogen-bond donors (Lipinski definition) is 0. The number of benzene rings is 11. The predicted octanol–water partition coefficient (Wildman–Crippen LogP) is 16.9. The largest absolute Gasteiger partial charge is 0.456 e. The summed E-state index contributed by atoms with van der Waals surface area (Å²) < 4.78 is 11.5. The van der Waals surface area contributed by atoms with Crippen molar-refractivity contribution in [1.29, 1.82) is 0 Å². The minimum atomic E-state index is 0.553. The maximum atomic E-state index is 6.73. The number of hydrogen-bond acceptors (Lipinski definition) is 4. The van der Waals surface area contributed by atoms with Crippen LogP contribution in [0.4, 0.5) is 0 Å². The van der Waals surface area contributed by atoms with Gasteiger partial charge in [-0.1, -0.05) is 164 Å². The monoisotopic (exact) mass is 905 g/mol. The fraction of sp³-hybridized carbons (Fsp3) is 0. The fourth-order valence-corrected chi connectivity index (χ4v) is 11.0. The van der Waals surface area contributed by atoms with Gasteiger partial charge in [0.1, 0.15) is 11.2 Å². The van der Waals surface area contributed by atoms with E-state index in [-0.39, 0.29) is 0 Å². The van der Waals surface area contributed by atoms with Crippen molar-refractivity contribution < 1.29 is 4.42 Å². The first-order valence-corrected chi connectivity index (χ1v) is 24.0. The van der Waals surface area contributed by atoms with E-state index in [0.29, 0.717) is 17.5 Å². The van der Waals surface area contributed by atoms with Crippen LogP contribution in [-0.4, -0.2) is 24.1 Å². The van der Waals surface area contributed by atoms with Gasteiger partial charge in [0, 0.05) is 60.8 Å². The van der Waals surface area contributed by atoms with E-state index >= 15 is 0 Å². The van der Waals surface area contributed by atoms with Gasteiger partial charge in [-0.15, -0.1) is 0 Å². The highest BCUT2D eigenvalue weighted by Crippen LogP contribution is 2.43. The van der Waals surface area contributed by atoms with Crippen molar-refractivity contribution in [2.24, 2.45) is 0 Å². The molecule has 0 unspecified atom stereocenters. The average Bonchev–Trinajstić information content (AvgIpc) is 4.08. The zero-order valence-electron chi connectivity index (χ0n) is 38.2. The quantitative estimate of drug-likeness (QED) is 0.167. The second-order valence-corrected chi connectivity index (χ2v) is 18.4. The third kappa shape index (κ3) is 6.25. The van der Waals surface area contributed by atoms with E-state index in [1.165, 1.54) is 16.2 Å². The van der Waals surface area contributed by atoms with Crippen molar-refractivity contribution >= 4 is 87.1 Å². The number of fused-ring (bicyclic) bond motifs is 11. The van der Waals surface area contributed by atoms with Gasteiger partial charge >= 0.3 is 0 Å². The van der Waals surface area contributed by atoms with E-state index in [0.717, 1.165) is 110 Å². The van der Waals surface area contributed by atoms with Gasteiger partial charge in [0.15, 0.2) is 17.5 Å². The van der Waals surface area contributed by atoms with Gasteiger partial charge in [0.2, 0.25) is 0 Å². The van der Waals surface area contributed by atoms with Crippen LogP contribution in [0.2, 0.25) is 0 Å². The predicted molar refractivity (Wildman–Crippen MR) is 293 cm³/mol. The Bertz CT molecular complexity index is 4550. The maximum absolute atomic E-state index is 6.73. The summed E-state index contributed by atoms with van der Waals surface area (Å²) in [6, 6.07) is 84.0. The fourth-order valence-electron chi connectivity index (χ4n) is 11.0. The molecule has 0 bridgehead atoms. The Kier molecular flexibility index (Phi) is 8.56. The van der Waals surface area contributed by atoms with Gasteiger partial charge in [-0.05, 0) is 99.4 Å². The molecular formula is C65H39N5O. The van der Waals surface area contributed by atoms with E-state index in [2.05, 4.69) is 228 Å². The van der Waals surface area contributed by atoms with E-state index in [9.17, 15) is 0 Å². The lowest BCUT2D eigenvalue weighted by atomic mass is 10.0. The third-order valence-electron chi connectivity index (χ3n) is 14.3. The van der Waals surface area contributed by atoms with Crippen molar-refractivity contribution in [1.82, 2.24) is 24.1 Å². The van der Waals surface area contributed by atoms with Gasteiger partial charge in [0.05, 0.1) is 27.8 Å². The standard InChI is InChI=1S/C65H39N5O/c1-3-16-40(17-4-1)41-22-15-23-46(32-41)63-66-64(47-30-31-50-49-26-11-13-28-56(49)69(57(50)37-47)48-24-5-2-6-25-48)68-65(67-63)55-38-54-51-27-12-14-29-61(51)71-62(54)39-60(55)70-58-35-44-20-9-7-18-42(44)33-52(58)53-34-43-19-8-10-21-45(43)36-59(53)70/h1-39H. The van der Waals surface area contributed by atoms with E-state index in [1.54, 1.807) is 0 Å². The van der Waals surface area contributed by atoms with Gasteiger partial charge in [0.25, 0.3) is 0 Å². The highest BCUT2D eigenvalue weighted by Gasteiger charge is 2.24. The second kappa shape index (κ2) is 15.4. The molecule has 15 rings (SSSR count). The first-order valence-electron chi connectivity index (χ1n) is 24.0. The van der Waals surface area contributed by atoms with Crippen molar-refractivity contribution in [2.75, 3.05) is 0 Å². The van der Waals surface area contributed by atoms with Crippen LogP contribution < -0.4 is 0 Å². The highest BCUT2D eigenvalue weighted by molar-refractivity contribution is 6.18. The molecule has 0 aliphatic rings. The number of rotatable bonds is 6. The Balaban J connectivity index is 1.05. The van der Waals surface area contributed by atoms with Crippen molar-refractivity contribution in [3.05, 3.63) is 237 Å². The lowest BCUT2D eigenvalue weighted by Gasteiger charge is -2.16. The Labute approximate surface area is 407 Å². The molecule has 330 valence electrons. The molecule has 0 saturated heterocycles. The van der Waals surface area contributed by atoms with Crippen molar-refractivity contribution in [3.8, 4) is 56.7 Å². The number of nitrogens with zero attached hydrogens (tertiary/aromatic N) is 5. The average molecular weight is 906 g/mol. The normalized spacial score (nSPS) is 11.9. The molecule has 0 radical (unpaired) electrons. The molecule has 6 heteroatoms. The number of aromatic nitrogens is 5. The summed E-state index contributed by atoms with van der Waals surface area (Å²) in [6.45, 7) is 0. The van der Waals surface area contributed by atoms with E-state index in [1.807, 2.05) is 18.2 Å². The van der Waals surface area contributed by atoms with Crippen molar-refractivity contribution in [2.45, 2.75) is 0 Å². The SMILES string of the molecule is c1ccc(-c2cccc(-c3nc(-c4ccc5c6ccccc6n(-c6ccccc6)c5c4)nc(-c4cc5c(cc4-n4c6cc7ccccc7cc6c6cc7ccccc7cc64)oc4ccccc45)n3)c2)cc1. The van der Waals surface area contributed by atoms with Crippen LogP contribution in [0.3, 0.4) is 0 Å². The molecule has 4 heterocycles. The van der Waals surface area contributed by atoms with Crippen LogP contribution in [0.5, 0.6) is 0 Å². The molecule has 0 amide bonds. The molecule has 0 N–H and O–H groups in total. The minimum absolute atomic E-state index is 0.553. The van der Waals surface area contributed by atoms with Crippen LogP contribution >= 0.6 is 0 Å². The van der Waals surface area contributed by atoms with Crippen LogP contribution in [0, 0.1) is 0 Å². The molecule has 6 nitrogen and oxygen atoms in total. The smallest absolute Gasteiger partial charge is 0.166 e. The van der Waals surface area contributed by atoms with Crippen molar-refractivity contribution in [3.63, 3.8) is 0 Å². The van der Waals surface area contributed by atoms with Gasteiger partial charge in [-0.3, -0.25) is 0 Å². The van der Waals surface area contributed by atoms with Crippen LogP contribution in [-0.2, 0) is 0 Å². The molecule has 0 atom stereocenters. The van der Waals surface area contributed by atoms with Crippen LogP contribution in [0.25, 0.3) is 144 Å². The second-order valence-electron chi connectivity index (χ2n) is 18.4. The Morgan fingerprint density at radius 1 is 0.282 bits per heavy atom. The molecule has 0 saturated carbocycles. The molecule has 15 aromatic rings. The molecule has 0 spiro atoms. The molecule has 0 aliphatic heterocycles. The summed E-state index contributed by atoms with van der Waals surface area (Å²) in [6.07, 6.45) is 0. The zero-order chi connectivity index (χ0) is 46.6. The lowest BCUT2D eigenvalue weighted by Crippen LogP contribution is -2.04. The first kappa shape index (κ1) is 39.4. The van der Waals surface area contributed by atoms with Gasteiger partial charge < -0.3 is 13.6 Å². The number of para-hydroxylation sites is 3. The summed E-state index contributed by atoms with van der Waals surface area (Å²) in [5.74, 6) is 1.70. The summed E-state index contributed by atoms with van der Waals surface area (Å²) in [7, 11) is 0. The third-order valence-corrected chi connectivity index (χ3v) is 14.3. The molecule has 4 aromatic heterocycles. The summed E-state index contributed by atoms with van der Waals surface area (Å²) in [5, 5.41) is 11.4. The molecular weight excluding hydrogens is 867 g/mol. The molecule has 0 fully saturated rings. The summed E-state index contributed by atoms with van der Waals surface area (Å²) in [4.78, 5) is 16.5. The Morgan fingerprint density at radius 2 is 0.817 bits per heavy atom. The Morgan fingerprint density at radius 3 is 1.54 bits per heavy atom.